The Morgan fingerprint density at radius 3 is 2.74 bits per heavy atom. The topological polar surface area (TPSA) is 29.3 Å². The van der Waals surface area contributed by atoms with E-state index in [4.69, 9.17) is 17.3 Å². The van der Waals surface area contributed by atoms with Crippen LogP contribution in [0.1, 0.15) is 18.4 Å². The Morgan fingerprint density at radius 2 is 2.05 bits per heavy atom. The molecule has 2 fully saturated rings. The highest BCUT2D eigenvalue weighted by atomic mass is 35.5. The molecule has 3 rings (SSSR count). The second kappa shape index (κ2) is 5.96. The van der Waals surface area contributed by atoms with Gasteiger partial charge < -0.3 is 5.73 Å². The van der Waals surface area contributed by atoms with Crippen molar-refractivity contribution in [2.24, 2.45) is 17.6 Å². The van der Waals surface area contributed by atoms with Crippen LogP contribution >= 0.6 is 24.0 Å². The maximum Gasteiger partial charge on any atom is 0.125 e. The van der Waals surface area contributed by atoms with Crippen LogP contribution in [-0.2, 0) is 6.54 Å². The second-order valence-corrected chi connectivity index (χ2v) is 6.07. The van der Waals surface area contributed by atoms with Crippen molar-refractivity contribution in [2.45, 2.75) is 25.4 Å². The van der Waals surface area contributed by atoms with Gasteiger partial charge in [0.1, 0.15) is 5.82 Å². The van der Waals surface area contributed by atoms with Crippen molar-refractivity contribution in [2.75, 3.05) is 13.1 Å². The molecule has 3 unspecified atom stereocenters. The molecule has 0 bridgehead atoms. The molecule has 1 heterocycles. The molecule has 106 valence electrons. The lowest BCUT2D eigenvalue weighted by molar-refractivity contribution is 0.298. The molecular weight excluding hydrogens is 286 g/mol. The number of nitrogens with zero attached hydrogens (tertiary/aromatic N) is 1. The predicted octanol–water partition coefficient (Wildman–Crippen LogP) is 3.07. The molecule has 2 aliphatic rings. The Hall–Kier alpha value is -0.350. The first-order valence-corrected chi connectivity index (χ1v) is 6.92. The van der Waals surface area contributed by atoms with E-state index in [-0.39, 0.29) is 18.2 Å². The molecule has 2 N–H and O–H groups in total. The van der Waals surface area contributed by atoms with Crippen molar-refractivity contribution in [1.29, 1.82) is 0 Å². The van der Waals surface area contributed by atoms with E-state index >= 15 is 0 Å². The van der Waals surface area contributed by atoms with E-state index in [2.05, 4.69) is 4.90 Å². The molecule has 19 heavy (non-hydrogen) atoms. The summed E-state index contributed by atoms with van der Waals surface area (Å²) in [5, 5.41) is 0.473. The Morgan fingerprint density at radius 1 is 1.26 bits per heavy atom. The van der Waals surface area contributed by atoms with Gasteiger partial charge in [0.2, 0.25) is 0 Å². The van der Waals surface area contributed by atoms with Gasteiger partial charge in [-0.1, -0.05) is 11.6 Å². The molecular formula is C14H19Cl2FN2. The highest BCUT2D eigenvalue weighted by molar-refractivity contribution is 6.30. The third kappa shape index (κ3) is 3.22. The molecule has 1 aromatic carbocycles. The molecule has 1 aromatic rings. The van der Waals surface area contributed by atoms with E-state index in [0.717, 1.165) is 37.5 Å². The van der Waals surface area contributed by atoms with Crippen LogP contribution in [-0.4, -0.2) is 24.0 Å². The van der Waals surface area contributed by atoms with Crippen molar-refractivity contribution in [3.63, 3.8) is 0 Å². The van der Waals surface area contributed by atoms with Crippen molar-refractivity contribution in [3.8, 4) is 0 Å². The summed E-state index contributed by atoms with van der Waals surface area (Å²) in [6.45, 7) is 2.91. The predicted molar refractivity (Wildman–Crippen MR) is 78.1 cm³/mol. The van der Waals surface area contributed by atoms with Gasteiger partial charge in [-0.05, 0) is 48.4 Å². The van der Waals surface area contributed by atoms with Gasteiger partial charge in [-0.25, -0.2) is 4.39 Å². The third-order valence-corrected chi connectivity index (χ3v) is 4.53. The standard InChI is InChI=1S/C14H18ClFN2.ClH/c15-11-3-9(4-12(16)5-11)6-18-7-10-1-2-14(17)13(10)8-18;/h3-5,10,13-14H,1-2,6-8,17H2;1H. The van der Waals surface area contributed by atoms with Gasteiger partial charge in [0, 0.05) is 30.7 Å². The van der Waals surface area contributed by atoms with Crippen molar-refractivity contribution in [3.05, 3.63) is 34.6 Å². The highest BCUT2D eigenvalue weighted by Crippen LogP contribution is 2.37. The molecule has 5 heteroatoms. The number of likely N-dealkylation sites (tertiary alicyclic amines) is 1. The minimum absolute atomic E-state index is 0. The molecule has 0 radical (unpaired) electrons. The zero-order valence-corrected chi connectivity index (χ0v) is 12.3. The zero-order chi connectivity index (χ0) is 12.7. The van der Waals surface area contributed by atoms with Crippen LogP contribution in [0, 0.1) is 17.7 Å². The van der Waals surface area contributed by atoms with E-state index < -0.39 is 0 Å². The quantitative estimate of drug-likeness (QED) is 0.910. The summed E-state index contributed by atoms with van der Waals surface area (Å²) in [6.07, 6.45) is 2.40. The van der Waals surface area contributed by atoms with Crippen LogP contribution in [0.25, 0.3) is 0 Å². The van der Waals surface area contributed by atoms with Gasteiger partial charge in [-0.3, -0.25) is 4.90 Å². The van der Waals surface area contributed by atoms with Gasteiger partial charge in [0.15, 0.2) is 0 Å². The molecule has 1 aliphatic heterocycles. The van der Waals surface area contributed by atoms with E-state index in [0.29, 0.717) is 17.0 Å². The average Bonchev–Trinajstić information content (AvgIpc) is 2.80. The lowest BCUT2D eigenvalue weighted by Gasteiger charge is -2.18. The summed E-state index contributed by atoms with van der Waals surface area (Å²) < 4.78 is 13.3. The van der Waals surface area contributed by atoms with Gasteiger partial charge in [-0.15, -0.1) is 12.4 Å². The number of nitrogens with two attached hydrogens (primary N) is 1. The Kier molecular flexibility index (Phi) is 4.72. The van der Waals surface area contributed by atoms with Crippen LogP contribution in [0.3, 0.4) is 0 Å². The monoisotopic (exact) mass is 304 g/mol. The van der Waals surface area contributed by atoms with Gasteiger partial charge in [0.25, 0.3) is 0 Å². The van der Waals surface area contributed by atoms with E-state index in [1.165, 1.54) is 12.5 Å². The highest BCUT2D eigenvalue weighted by Gasteiger charge is 2.40. The summed E-state index contributed by atoms with van der Waals surface area (Å²) in [5.41, 5.74) is 7.07. The summed E-state index contributed by atoms with van der Waals surface area (Å²) in [7, 11) is 0. The number of hydrogen-bond donors (Lipinski definition) is 1. The number of hydrogen-bond acceptors (Lipinski definition) is 2. The number of halogens is 3. The minimum atomic E-state index is -0.256. The number of benzene rings is 1. The lowest BCUT2D eigenvalue weighted by Crippen LogP contribution is -2.30. The van der Waals surface area contributed by atoms with E-state index in [1.807, 2.05) is 6.07 Å². The smallest absolute Gasteiger partial charge is 0.125 e. The van der Waals surface area contributed by atoms with Crippen LogP contribution in [0.15, 0.2) is 18.2 Å². The van der Waals surface area contributed by atoms with Crippen LogP contribution in [0.4, 0.5) is 4.39 Å². The molecule has 0 spiro atoms. The summed E-state index contributed by atoms with van der Waals surface area (Å²) in [4.78, 5) is 2.37. The van der Waals surface area contributed by atoms with Crippen LogP contribution in [0.5, 0.6) is 0 Å². The Labute approximate surface area is 124 Å². The minimum Gasteiger partial charge on any atom is -0.327 e. The van der Waals surface area contributed by atoms with Crippen LogP contribution in [0.2, 0.25) is 5.02 Å². The van der Waals surface area contributed by atoms with Crippen molar-refractivity contribution >= 4 is 24.0 Å². The molecule has 0 amide bonds. The fourth-order valence-electron chi connectivity index (χ4n) is 3.49. The molecule has 1 saturated carbocycles. The first-order chi connectivity index (χ1) is 8.61. The van der Waals surface area contributed by atoms with Crippen molar-refractivity contribution < 1.29 is 4.39 Å². The number of fused-ring (bicyclic) bond motifs is 1. The maximum atomic E-state index is 13.3. The second-order valence-electron chi connectivity index (χ2n) is 5.64. The van der Waals surface area contributed by atoms with Gasteiger partial charge >= 0.3 is 0 Å². The molecule has 1 aliphatic carbocycles. The van der Waals surface area contributed by atoms with Gasteiger partial charge in [0.05, 0.1) is 0 Å². The average molecular weight is 305 g/mol. The normalized spacial score (nSPS) is 30.2. The first-order valence-electron chi connectivity index (χ1n) is 6.55. The largest absolute Gasteiger partial charge is 0.327 e. The third-order valence-electron chi connectivity index (χ3n) is 4.32. The molecule has 3 atom stereocenters. The maximum absolute atomic E-state index is 13.3. The Balaban J connectivity index is 0.00000133. The van der Waals surface area contributed by atoms with Crippen LogP contribution < -0.4 is 5.73 Å². The summed E-state index contributed by atoms with van der Waals surface area (Å²) in [5.74, 6) is 1.12. The van der Waals surface area contributed by atoms with Crippen molar-refractivity contribution in [1.82, 2.24) is 4.90 Å². The van der Waals surface area contributed by atoms with Gasteiger partial charge in [-0.2, -0.15) is 0 Å². The molecule has 0 aromatic heterocycles. The fourth-order valence-corrected chi connectivity index (χ4v) is 3.73. The van der Waals surface area contributed by atoms with E-state index in [9.17, 15) is 4.39 Å². The number of rotatable bonds is 2. The lowest BCUT2D eigenvalue weighted by atomic mass is 9.98. The van der Waals surface area contributed by atoms with E-state index in [1.54, 1.807) is 6.07 Å². The first kappa shape index (κ1) is 15.0. The fraction of sp³-hybridized carbons (Fsp3) is 0.571. The molecule has 2 nitrogen and oxygen atoms in total. The SMILES string of the molecule is Cl.NC1CCC2CN(Cc3cc(F)cc(Cl)c3)CC12. The molecule has 1 saturated heterocycles. The Bertz CT molecular complexity index is 435. The summed E-state index contributed by atoms with van der Waals surface area (Å²) >= 11 is 5.88. The summed E-state index contributed by atoms with van der Waals surface area (Å²) in [6, 6.07) is 5.12. The zero-order valence-electron chi connectivity index (χ0n) is 10.7.